The van der Waals surface area contributed by atoms with E-state index in [1.165, 1.54) is 0 Å². The highest BCUT2D eigenvalue weighted by molar-refractivity contribution is 14.1. The third kappa shape index (κ3) is 5.27. The summed E-state index contributed by atoms with van der Waals surface area (Å²) in [7, 11) is 0. The second kappa shape index (κ2) is 8.92. The fraction of sp³-hybridized carbons (Fsp3) is 0.462. The van der Waals surface area contributed by atoms with E-state index < -0.39 is 12.0 Å². The van der Waals surface area contributed by atoms with Crippen LogP contribution in [-0.4, -0.2) is 42.0 Å². The van der Waals surface area contributed by atoms with Gasteiger partial charge in [0.05, 0.1) is 5.69 Å². The predicted molar refractivity (Wildman–Crippen MR) is 92.1 cm³/mol. The molecule has 0 aliphatic carbocycles. The summed E-state index contributed by atoms with van der Waals surface area (Å²) >= 11 is 13.8. The van der Waals surface area contributed by atoms with Crippen LogP contribution in [-0.2, 0) is 11.2 Å². The van der Waals surface area contributed by atoms with Gasteiger partial charge in [-0.05, 0) is 46.7 Å². The number of nitrogens with two attached hydrogens (primary N) is 1. The van der Waals surface area contributed by atoms with Crippen LogP contribution in [0.1, 0.15) is 5.56 Å². The Bertz CT molecular complexity index is 454. The molecule has 0 aliphatic rings. The molecule has 0 spiro atoms. The Kier molecular flexibility index (Phi) is 7.94. The van der Waals surface area contributed by atoms with Gasteiger partial charge in [-0.1, -0.05) is 6.07 Å². The van der Waals surface area contributed by atoms with Crippen LogP contribution in [0.15, 0.2) is 18.2 Å². The van der Waals surface area contributed by atoms with Crippen LogP contribution in [0.4, 0.5) is 5.69 Å². The third-order valence-corrected chi connectivity index (χ3v) is 4.04. The summed E-state index contributed by atoms with van der Waals surface area (Å²) in [6, 6.07) is 4.94. The number of benzene rings is 1. The van der Waals surface area contributed by atoms with Crippen LogP contribution in [0, 0.1) is 3.57 Å². The molecule has 0 saturated carbocycles. The van der Waals surface area contributed by atoms with Crippen molar-refractivity contribution in [2.45, 2.75) is 12.5 Å². The quantitative estimate of drug-likeness (QED) is 0.493. The Hall–Kier alpha value is -0.240. The number of nitrogens with zero attached hydrogens (tertiary/aromatic N) is 1. The molecular formula is C13H17Cl2IN2O2. The molecular weight excluding hydrogens is 412 g/mol. The smallest absolute Gasteiger partial charge is 0.320 e. The monoisotopic (exact) mass is 428 g/mol. The number of anilines is 1. The number of carboxylic acids is 1. The lowest BCUT2D eigenvalue weighted by Crippen LogP contribution is -2.32. The molecule has 0 bridgehead atoms. The molecule has 1 aromatic carbocycles. The average Bonchev–Trinajstić information content (AvgIpc) is 2.38. The molecule has 7 heteroatoms. The maximum absolute atomic E-state index is 10.8. The maximum Gasteiger partial charge on any atom is 0.320 e. The van der Waals surface area contributed by atoms with Crippen molar-refractivity contribution in [2.24, 2.45) is 5.73 Å². The fourth-order valence-corrected chi connectivity index (χ4v) is 3.16. The summed E-state index contributed by atoms with van der Waals surface area (Å²) < 4.78 is 1.04. The van der Waals surface area contributed by atoms with E-state index in [1.54, 1.807) is 0 Å². The van der Waals surface area contributed by atoms with E-state index in [4.69, 9.17) is 34.0 Å². The number of carboxylic acid groups (broad SMARTS) is 1. The lowest BCUT2D eigenvalue weighted by molar-refractivity contribution is -0.138. The molecule has 20 heavy (non-hydrogen) atoms. The first-order valence-corrected chi connectivity index (χ1v) is 8.28. The molecule has 0 fully saturated rings. The zero-order chi connectivity index (χ0) is 15.1. The summed E-state index contributed by atoms with van der Waals surface area (Å²) in [5, 5.41) is 8.83. The van der Waals surface area contributed by atoms with Crippen molar-refractivity contribution >= 4 is 57.4 Å². The number of hydrogen-bond acceptors (Lipinski definition) is 3. The van der Waals surface area contributed by atoms with Crippen LogP contribution in [0.3, 0.4) is 0 Å². The maximum atomic E-state index is 10.8. The van der Waals surface area contributed by atoms with E-state index in [2.05, 4.69) is 27.5 Å². The molecule has 0 amide bonds. The summed E-state index contributed by atoms with van der Waals surface area (Å²) in [5.41, 5.74) is 7.51. The molecule has 0 unspecified atom stereocenters. The number of hydrogen-bond donors (Lipinski definition) is 2. The molecule has 0 radical (unpaired) electrons. The van der Waals surface area contributed by atoms with Crippen molar-refractivity contribution in [3.05, 3.63) is 27.3 Å². The van der Waals surface area contributed by atoms with Crippen molar-refractivity contribution in [3.8, 4) is 0 Å². The van der Waals surface area contributed by atoms with Gasteiger partial charge in [-0.3, -0.25) is 4.79 Å². The fourth-order valence-electron chi connectivity index (χ4n) is 1.83. The van der Waals surface area contributed by atoms with Crippen molar-refractivity contribution in [1.82, 2.24) is 0 Å². The minimum Gasteiger partial charge on any atom is -0.480 e. The van der Waals surface area contributed by atoms with Gasteiger partial charge < -0.3 is 15.7 Å². The Morgan fingerprint density at radius 2 is 1.95 bits per heavy atom. The van der Waals surface area contributed by atoms with Gasteiger partial charge in [0.1, 0.15) is 6.04 Å². The van der Waals surface area contributed by atoms with Gasteiger partial charge in [0.15, 0.2) is 0 Å². The van der Waals surface area contributed by atoms with Crippen molar-refractivity contribution in [2.75, 3.05) is 29.7 Å². The van der Waals surface area contributed by atoms with E-state index in [0.29, 0.717) is 18.2 Å². The minimum atomic E-state index is -0.991. The SMILES string of the molecule is N[C@@H](Cc1ccc(N(CCCl)CCCl)c([125I])c1)C(=O)O. The normalized spacial score (nSPS) is 12.2. The summed E-state index contributed by atoms with van der Waals surface area (Å²) in [6.45, 7) is 1.44. The van der Waals surface area contributed by atoms with Crippen LogP contribution in [0.25, 0.3) is 0 Å². The molecule has 1 rings (SSSR count). The van der Waals surface area contributed by atoms with Gasteiger partial charge in [0, 0.05) is 28.4 Å². The average molecular weight is 429 g/mol. The first kappa shape index (κ1) is 17.8. The molecule has 0 aromatic heterocycles. The predicted octanol–water partition coefficient (Wildman–Crippen LogP) is 2.53. The van der Waals surface area contributed by atoms with Crippen LogP contribution >= 0.6 is 45.8 Å². The third-order valence-electron chi connectivity index (χ3n) is 2.83. The molecule has 0 aliphatic heterocycles. The zero-order valence-electron chi connectivity index (χ0n) is 10.9. The topological polar surface area (TPSA) is 66.6 Å². The van der Waals surface area contributed by atoms with Gasteiger partial charge in [-0.25, -0.2) is 0 Å². The van der Waals surface area contributed by atoms with Gasteiger partial charge in [-0.15, -0.1) is 23.2 Å². The number of alkyl halides is 2. The zero-order valence-corrected chi connectivity index (χ0v) is 14.5. The number of halogens is 3. The highest BCUT2D eigenvalue weighted by Gasteiger charge is 2.14. The minimum absolute atomic E-state index is 0.316. The molecule has 112 valence electrons. The molecule has 0 heterocycles. The van der Waals surface area contributed by atoms with E-state index in [1.807, 2.05) is 18.2 Å². The van der Waals surface area contributed by atoms with Gasteiger partial charge >= 0.3 is 5.97 Å². The number of aliphatic carboxylic acids is 1. The Balaban J connectivity index is 2.88. The van der Waals surface area contributed by atoms with E-state index in [9.17, 15) is 4.79 Å². The Labute approximate surface area is 142 Å². The highest BCUT2D eigenvalue weighted by atomic mass is 125. The van der Waals surface area contributed by atoms with Gasteiger partial charge in [0.25, 0.3) is 0 Å². The number of carbonyl (C=O) groups is 1. The van der Waals surface area contributed by atoms with Crippen molar-refractivity contribution < 1.29 is 9.90 Å². The second-order valence-corrected chi connectivity index (χ2v) is 6.22. The number of rotatable bonds is 8. The lowest BCUT2D eigenvalue weighted by Gasteiger charge is -2.24. The standard InChI is InChI=1S/C13H17Cl2IN2O2/c14-3-5-18(6-4-15)12-2-1-9(7-10(12)16)8-11(17)13(19)20/h1-2,7,11H,3-6,8,17H2,(H,19,20)/t11-/m0/s1/i16-2. The van der Waals surface area contributed by atoms with Crippen molar-refractivity contribution in [3.63, 3.8) is 0 Å². The summed E-state index contributed by atoms with van der Waals surface area (Å²) in [4.78, 5) is 12.9. The molecule has 1 aromatic rings. The Morgan fingerprint density at radius 1 is 1.35 bits per heavy atom. The molecule has 1 atom stereocenters. The van der Waals surface area contributed by atoms with Crippen LogP contribution < -0.4 is 10.6 Å². The van der Waals surface area contributed by atoms with Gasteiger partial charge in [0.2, 0.25) is 0 Å². The molecule has 0 saturated heterocycles. The first-order chi connectivity index (χ1) is 9.49. The summed E-state index contributed by atoms with van der Waals surface area (Å²) in [6.07, 6.45) is 0.316. The molecule has 3 N–H and O–H groups in total. The first-order valence-electron chi connectivity index (χ1n) is 6.13. The molecule has 4 nitrogen and oxygen atoms in total. The highest BCUT2D eigenvalue weighted by Crippen LogP contribution is 2.24. The van der Waals surface area contributed by atoms with Gasteiger partial charge in [-0.2, -0.15) is 0 Å². The van der Waals surface area contributed by atoms with E-state index in [0.717, 1.165) is 27.9 Å². The van der Waals surface area contributed by atoms with Crippen molar-refractivity contribution in [1.29, 1.82) is 0 Å². The Morgan fingerprint density at radius 3 is 2.40 bits per heavy atom. The van der Waals surface area contributed by atoms with E-state index >= 15 is 0 Å². The summed E-state index contributed by atoms with van der Waals surface area (Å²) in [5.74, 6) is 0.0620. The second-order valence-electron chi connectivity index (χ2n) is 4.30. The van der Waals surface area contributed by atoms with Crippen LogP contribution in [0.2, 0.25) is 0 Å². The largest absolute Gasteiger partial charge is 0.480 e. The lowest BCUT2D eigenvalue weighted by atomic mass is 10.1. The van der Waals surface area contributed by atoms with E-state index in [-0.39, 0.29) is 0 Å². The van der Waals surface area contributed by atoms with Crippen LogP contribution in [0.5, 0.6) is 0 Å².